The molecule has 1 aromatic heterocycles. The molecule has 2 atom stereocenters. The molecule has 5 heteroatoms. The molecule has 128 valence electrons. The zero-order valence-electron chi connectivity index (χ0n) is 14.9. The lowest BCUT2D eigenvalue weighted by Gasteiger charge is -2.30. The fraction of sp³-hybridized carbons (Fsp3) is 0.667. The lowest BCUT2D eigenvalue weighted by molar-refractivity contribution is 0.0566. The summed E-state index contributed by atoms with van der Waals surface area (Å²) in [4.78, 5) is 18.7. The van der Waals surface area contributed by atoms with Crippen LogP contribution in [0.3, 0.4) is 0 Å². The minimum Gasteiger partial charge on any atom is -0.443 e. The number of ether oxygens (including phenoxy) is 1. The molecule has 1 N–H and O–H groups in total. The molecule has 2 rings (SSSR count). The molecule has 5 nitrogen and oxygen atoms in total. The molecule has 0 aromatic carbocycles. The van der Waals surface area contributed by atoms with E-state index in [4.69, 9.17) is 4.74 Å². The molecule has 1 amide bonds. The van der Waals surface area contributed by atoms with Crippen LogP contribution in [-0.4, -0.2) is 29.3 Å². The summed E-state index contributed by atoms with van der Waals surface area (Å²) in [6.07, 6.45) is 4.71. The molecule has 2 heterocycles. The van der Waals surface area contributed by atoms with Gasteiger partial charge in [-0.1, -0.05) is 13.0 Å². The first kappa shape index (κ1) is 17.7. The quantitative estimate of drug-likeness (QED) is 0.910. The highest BCUT2D eigenvalue weighted by molar-refractivity contribution is 5.87. The Morgan fingerprint density at radius 1 is 1.48 bits per heavy atom. The number of hydrogen-bond acceptors (Lipinski definition) is 4. The van der Waals surface area contributed by atoms with Crippen LogP contribution < -0.4 is 10.2 Å². The number of pyridine rings is 1. The summed E-state index contributed by atoms with van der Waals surface area (Å²) in [7, 11) is 0. The number of carbonyl (C=O) groups excluding carboxylic acids is 1. The number of anilines is 1. The molecule has 0 aliphatic carbocycles. The van der Waals surface area contributed by atoms with Crippen LogP contribution in [0.15, 0.2) is 18.3 Å². The molecule has 0 spiro atoms. The van der Waals surface area contributed by atoms with Gasteiger partial charge in [0.25, 0.3) is 0 Å². The lowest BCUT2D eigenvalue weighted by atomic mass is 10.1. The van der Waals surface area contributed by atoms with Crippen molar-refractivity contribution >= 4 is 11.9 Å². The first-order valence-electron chi connectivity index (χ1n) is 8.53. The third kappa shape index (κ3) is 4.67. The predicted octanol–water partition coefficient (Wildman–Crippen LogP) is 4.05. The van der Waals surface area contributed by atoms with E-state index < -0.39 is 5.60 Å². The average molecular weight is 319 g/mol. The molecule has 1 aliphatic rings. The van der Waals surface area contributed by atoms with E-state index in [0.29, 0.717) is 11.9 Å². The molecule has 1 fully saturated rings. The lowest BCUT2D eigenvalue weighted by Crippen LogP contribution is -2.42. The Labute approximate surface area is 139 Å². The number of rotatable bonds is 4. The summed E-state index contributed by atoms with van der Waals surface area (Å²) < 4.78 is 5.54. The van der Waals surface area contributed by atoms with E-state index in [1.165, 1.54) is 12.0 Å². The van der Waals surface area contributed by atoms with E-state index in [-0.39, 0.29) is 12.1 Å². The second-order valence-electron chi connectivity index (χ2n) is 7.21. The van der Waals surface area contributed by atoms with Crippen molar-refractivity contribution in [2.24, 2.45) is 0 Å². The SMILES string of the molecule is CC[C@H](C)N(C(=O)OC(C)(C)C)c1ccc([C@H]2CCCN2)cn1. The number of hydrogen-bond donors (Lipinski definition) is 1. The molecule has 0 saturated carbocycles. The molecule has 0 bridgehead atoms. The van der Waals surface area contributed by atoms with Crippen molar-refractivity contribution in [2.45, 2.75) is 71.6 Å². The van der Waals surface area contributed by atoms with E-state index in [0.717, 1.165) is 19.4 Å². The standard InChI is InChI=1S/C18H29N3O2/c1-6-13(2)21(17(22)23-18(3,4)5)16-10-9-14(12-20-16)15-8-7-11-19-15/h9-10,12-13,15,19H,6-8,11H2,1-5H3/t13-,15+/m0/s1. The van der Waals surface area contributed by atoms with Gasteiger partial charge in [-0.15, -0.1) is 0 Å². The highest BCUT2D eigenvalue weighted by Crippen LogP contribution is 2.25. The van der Waals surface area contributed by atoms with Crippen molar-refractivity contribution in [3.63, 3.8) is 0 Å². The predicted molar refractivity (Wildman–Crippen MR) is 92.7 cm³/mol. The van der Waals surface area contributed by atoms with Crippen molar-refractivity contribution in [2.75, 3.05) is 11.4 Å². The van der Waals surface area contributed by atoms with Crippen LogP contribution in [0.1, 0.15) is 65.5 Å². The van der Waals surface area contributed by atoms with E-state index in [9.17, 15) is 4.79 Å². The Morgan fingerprint density at radius 3 is 2.70 bits per heavy atom. The third-order valence-electron chi connectivity index (χ3n) is 4.10. The van der Waals surface area contributed by atoms with Crippen LogP contribution >= 0.6 is 0 Å². The number of aromatic nitrogens is 1. The van der Waals surface area contributed by atoms with Gasteiger partial charge >= 0.3 is 6.09 Å². The van der Waals surface area contributed by atoms with Gasteiger partial charge in [-0.05, 0) is 65.1 Å². The minimum absolute atomic E-state index is 0.0350. The maximum atomic E-state index is 12.6. The minimum atomic E-state index is -0.517. The average Bonchev–Trinajstić information content (AvgIpc) is 3.00. The Hall–Kier alpha value is -1.62. The van der Waals surface area contributed by atoms with E-state index in [1.807, 2.05) is 40.0 Å². The normalized spacial score (nSPS) is 19.4. The second-order valence-corrected chi connectivity index (χ2v) is 7.21. The summed E-state index contributed by atoms with van der Waals surface area (Å²) in [5, 5.41) is 3.46. The monoisotopic (exact) mass is 319 g/mol. The summed E-state index contributed by atoms with van der Waals surface area (Å²) in [5.74, 6) is 0.648. The molecular formula is C18H29N3O2. The molecule has 1 saturated heterocycles. The molecule has 23 heavy (non-hydrogen) atoms. The Balaban J connectivity index is 2.19. The zero-order chi connectivity index (χ0) is 17.0. The highest BCUT2D eigenvalue weighted by Gasteiger charge is 2.28. The van der Waals surface area contributed by atoms with Gasteiger partial charge in [0.2, 0.25) is 0 Å². The van der Waals surface area contributed by atoms with Crippen LogP contribution in [0, 0.1) is 0 Å². The van der Waals surface area contributed by atoms with E-state index in [1.54, 1.807) is 4.90 Å². The van der Waals surface area contributed by atoms with Crippen LogP contribution in [0.2, 0.25) is 0 Å². The Bertz CT molecular complexity index is 516. The second kappa shape index (κ2) is 7.30. The van der Waals surface area contributed by atoms with Gasteiger partial charge in [0.15, 0.2) is 0 Å². The largest absolute Gasteiger partial charge is 0.443 e. The first-order valence-corrected chi connectivity index (χ1v) is 8.53. The van der Waals surface area contributed by atoms with Gasteiger partial charge < -0.3 is 10.1 Å². The summed E-state index contributed by atoms with van der Waals surface area (Å²) >= 11 is 0. The van der Waals surface area contributed by atoms with Gasteiger partial charge in [0, 0.05) is 18.3 Å². The molecule has 1 aromatic rings. The van der Waals surface area contributed by atoms with Crippen LogP contribution in [0.25, 0.3) is 0 Å². The summed E-state index contributed by atoms with van der Waals surface area (Å²) in [5.41, 5.74) is 0.663. The molecule has 0 unspecified atom stereocenters. The van der Waals surface area contributed by atoms with Crippen molar-refractivity contribution < 1.29 is 9.53 Å². The Kier molecular flexibility index (Phi) is 5.63. The molecular weight excluding hydrogens is 290 g/mol. The maximum absolute atomic E-state index is 12.6. The van der Waals surface area contributed by atoms with Crippen molar-refractivity contribution in [1.29, 1.82) is 0 Å². The zero-order valence-corrected chi connectivity index (χ0v) is 14.9. The summed E-state index contributed by atoms with van der Waals surface area (Å²) in [6, 6.07) is 4.40. The number of carbonyl (C=O) groups is 1. The van der Waals surface area contributed by atoms with Crippen molar-refractivity contribution in [3.8, 4) is 0 Å². The van der Waals surface area contributed by atoms with Crippen LogP contribution in [0.4, 0.5) is 10.6 Å². The van der Waals surface area contributed by atoms with Crippen molar-refractivity contribution in [3.05, 3.63) is 23.9 Å². The fourth-order valence-electron chi connectivity index (χ4n) is 2.71. The van der Waals surface area contributed by atoms with Gasteiger partial charge in [0.05, 0.1) is 0 Å². The highest BCUT2D eigenvalue weighted by atomic mass is 16.6. The maximum Gasteiger partial charge on any atom is 0.416 e. The Morgan fingerprint density at radius 2 is 2.22 bits per heavy atom. The third-order valence-corrected chi connectivity index (χ3v) is 4.10. The van der Waals surface area contributed by atoms with E-state index >= 15 is 0 Å². The van der Waals surface area contributed by atoms with Gasteiger partial charge in [0.1, 0.15) is 11.4 Å². The number of nitrogens with zero attached hydrogens (tertiary/aromatic N) is 2. The number of nitrogens with one attached hydrogen (secondary N) is 1. The van der Waals surface area contributed by atoms with Crippen LogP contribution in [-0.2, 0) is 4.74 Å². The number of amides is 1. The molecule has 1 aliphatic heterocycles. The van der Waals surface area contributed by atoms with Crippen LogP contribution in [0.5, 0.6) is 0 Å². The van der Waals surface area contributed by atoms with Crippen molar-refractivity contribution in [1.82, 2.24) is 10.3 Å². The van der Waals surface area contributed by atoms with Gasteiger partial charge in [-0.2, -0.15) is 0 Å². The smallest absolute Gasteiger partial charge is 0.416 e. The summed E-state index contributed by atoms with van der Waals surface area (Å²) in [6.45, 7) is 10.8. The van der Waals surface area contributed by atoms with E-state index in [2.05, 4.69) is 23.3 Å². The first-order chi connectivity index (χ1) is 10.8. The van der Waals surface area contributed by atoms with Gasteiger partial charge in [-0.3, -0.25) is 4.90 Å². The topological polar surface area (TPSA) is 54.5 Å². The van der Waals surface area contributed by atoms with Gasteiger partial charge in [-0.25, -0.2) is 9.78 Å². The molecule has 0 radical (unpaired) electrons. The fourth-order valence-corrected chi connectivity index (χ4v) is 2.71.